The van der Waals surface area contributed by atoms with Crippen molar-refractivity contribution in [1.29, 1.82) is 0 Å². The van der Waals surface area contributed by atoms with Gasteiger partial charge in [-0.25, -0.2) is 31.5 Å². The van der Waals surface area contributed by atoms with E-state index < -0.39 is 54.6 Å². The number of carbonyl (C=O) groups excluding carboxylic acids is 2. The summed E-state index contributed by atoms with van der Waals surface area (Å²) in [5.41, 5.74) is 5.60. The van der Waals surface area contributed by atoms with Crippen LogP contribution in [0.5, 0.6) is 0 Å². The van der Waals surface area contributed by atoms with Crippen molar-refractivity contribution in [2.75, 3.05) is 76.6 Å². The van der Waals surface area contributed by atoms with E-state index in [1.807, 2.05) is 4.68 Å². The van der Waals surface area contributed by atoms with Crippen LogP contribution in [-0.4, -0.2) is 156 Å². The zero-order chi connectivity index (χ0) is 59.7. The molecule has 0 spiro atoms. The van der Waals surface area contributed by atoms with E-state index in [-0.39, 0.29) is 38.3 Å². The molecule has 9 N–H and O–H groups in total. The highest BCUT2D eigenvalue weighted by Gasteiger charge is 2.27. The first-order chi connectivity index (χ1) is 39.9. The predicted octanol–water partition coefficient (Wildman–Crippen LogP) is 4.74. The highest BCUT2D eigenvalue weighted by Crippen LogP contribution is 2.24. The fourth-order valence-corrected chi connectivity index (χ4v) is 10.5. The third-order valence-electron chi connectivity index (χ3n) is 11.7. The smallest absolute Gasteiger partial charge is 0.323 e. The van der Waals surface area contributed by atoms with Gasteiger partial charge in [-0.2, -0.15) is 23.3 Å². The maximum Gasteiger partial charge on any atom is 0.323 e. The maximum absolute atomic E-state index is 13.1. The monoisotopic (exact) mass is 1200 g/mol. The van der Waals surface area contributed by atoms with Crippen LogP contribution in [0.3, 0.4) is 0 Å². The number of aliphatic carboxylic acids is 1. The highest BCUT2D eigenvalue weighted by atomic mass is 32.2. The number of amides is 2. The second kappa shape index (κ2) is 32.0. The van der Waals surface area contributed by atoms with Crippen molar-refractivity contribution >= 4 is 76.8 Å². The molecule has 0 aliphatic carbocycles. The van der Waals surface area contributed by atoms with Crippen LogP contribution in [0.15, 0.2) is 148 Å². The molecule has 29 heteroatoms. The number of ether oxygens (including phenoxy) is 3. The Labute approximate surface area is 480 Å². The van der Waals surface area contributed by atoms with Gasteiger partial charge < -0.3 is 40.3 Å². The van der Waals surface area contributed by atoms with Crippen LogP contribution in [0.25, 0.3) is 22.0 Å². The fraction of sp³-hybridized carbons (Fsp3) is 0.315. The summed E-state index contributed by atoms with van der Waals surface area (Å²) in [5, 5.41) is 27.2. The number of hydrogen-bond acceptors (Lipinski definition) is 18. The standard InChI is InChI=1S/C31H34N8O7S2.C23H32N4O7S/c1-2-37-47(43,44)25-9-4-21(5-10-25)22-6-11-26(12-7-22)48(45,46)38-27(30(41)42)20-35-29(40)23-8-13-28-24(18-23)19-36-39(28)17-3-14-32-31-33-15-16-34-31;1-2-11-32-13-15-34-16-14-33-12-5-10-24-23(28)20-8-9-22(25-17-20)27-26-18-19-6-3-4-7-21(19)35(29,30)31/h4-13,15-16,18-19,27,37-38H,2-3,14,17,20H2,1H3,(H,35,40)(H,41,42)(H2,32,33,34);3-4,6-9,17-18H,2,5,10-16H2,1H3,(H,24,28)(H,25,27)(H,29,30,31)/b;26-18+. The second-order valence-electron chi connectivity index (χ2n) is 17.9. The number of carboxylic acid groups (broad SMARTS) is 1. The largest absolute Gasteiger partial charge is 0.480 e. The molecule has 0 saturated carbocycles. The number of hydrazone groups is 1. The number of imidazole rings is 1. The number of pyridine rings is 1. The average Bonchev–Trinajstić information content (AvgIpc) is 4.32. The average molecular weight is 1200 g/mol. The third-order valence-corrected chi connectivity index (χ3v) is 15.7. The van der Waals surface area contributed by atoms with Crippen molar-refractivity contribution in [2.24, 2.45) is 5.10 Å². The van der Waals surface area contributed by atoms with Crippen molar-refractivity contribution in [3.05, 3.63) is 145 Å². The van der Waals surface area contributed by atoms with Gasteiger partial charge in [-0.15, -0.1) is 0 Å². The van der Waals surface area contributed by atoms with Crippen LogP contribution in [0.1, 0.15) is 59.4 Å². The van der Waals surface area contributed by atoms with Gasteiger partial charge in [0.25, 0.3) is 21.9 Å². The molecular formula is C54H66N12O14S3. The summed E-state index contributed by atoms with van der Waals surface area (Å²) in [6.45, 7) is 8.63. The SMILES string of the molecule is CCCOCCOCCOCCCNC(=O)c1ccc(N/N=C/c2ccccc2S(=O)(=O)O)nc1.CCNS(=O)(=O)c1ccc(-c2ccc(S(=O)(=O)NC(CNC(=O)c3ccc4c(cnn4CCCNc4ncc[nH]4)c3)C(=O)O)cc2)cc1. The molecule has 0 saturated heterocycles. The zero-order valence-corrected chi connectivity index (χ0v) is 47.9. The van der Waals surface area contributed by atoms with Gasteiger partial charge in [-0.1, -0.05) is 56.3 Å². The lowest BCUT2D eigenvalue weighted by Crippen LogP contribution is -2.48. The number of anilines is 2. The minimum absolute atomic E-state index is 0.0987. The molecule has 3 aromatic heterocycles. The molecule has 1 atom stereocenters. The van der Waals surface area contributed by atoms with Crippen LogP contribution in [0.4, 0.5) is 11.8 Å². The predicted molar refractivity (Wildman–Crippen MR) is 310 cm³/mol. The van der Waals surface area contributed by atoms with E-state index in [2.05, 4.69) is 62.9 Å². The molecule has 0 aliphatic heterocycles. The Balaban J connectivity index is 0.000000281. The first-order valence-electron chi connectivity index (χ1n) is 26.1. The molecule has 26 nitrogen and oxygen atoms in total. The Hall–Kier alpha value is -8.00. The highest BCUT2D eigenvalue weighted by molar-refractivity contribution is 7.89. The summed E-state index contributed by atoms with van der Waals surface area (Å²) in [7, 11) is -12.3. The van der Waals surface area contributed by atoms with Crippen molar-refractivity contribution in [3.8, 4) is 11.1 Å². The van der Waals surface area contributed by atoms with Crippen LogP contribution in [-0.2, 0) is 55.7 Å². The number of sulfonamides is 2. The molecule has 7 rings (SSSR count). The lowest BCUT2D eigenvalue weighted by Gasteiger charge is -2.16. The van der Waals surface area contributed by atoms with Gasteiger partial charge in [0.05, 0.1) is 59.7 Å². The molecule has 0 radical (unpaired) electrons. The number of nitrogens with zero attached hydrogens (tertiary/aromatic N) is 5. The lowest BCUT2D eigenvalue weighted by atomic mass is 10.1. The van der Waals surface area contributed by atoms with Crippen LogP contribution in [0, 0.1) is 0 Å². The topological polar surface area (TPSA) is 366 Å². The summed E-state index contributed by atoms with van der Waals surface area (Å²) >= 11 is 0. The molecule has 7 aromatic rings. The lowest BCUT2D eigenvalue weighted by molar-refractivity contribution is -0.138. The Morgan fingerprint density at radius 1 is 0.723 bits per heavy atom. The van der Waals surface area contributed by atoms with E-state index in [0.29, 0.717) is 87.5 Å². The number of aromatic amines is 1. The molecule has 0 aliphatic rings. The van der Waals surface area contributed by atoms with Crippen LogP contribution < -0.4 is 30.8 Å². The Morgan fingerprint density at radius 2 is 1.37 bits per heavy atom. The minimum Gasteiger partial charge on any atom is -0.480 e. The van der Waals surface area contributed by atoms with Crippen LogP contribution >= 0.6 is 0 Å². The molecule has 0 fully saturated rings. The Morgan fingerprint density at radius 3 is 2.00 bits per heavy atom. The number of H-pyrrole nitrogens is 1. The molecule has 83 heavy (non-hydrogen) atoms. The minimum atomic E-state index is -4.36. The van der Waals surface area contributed by atoms with Crippen LogP contribution in [0.2, 0.25) is 0 Å². The fourth-order valence-electron chi connectivity index (χ4n) is 7.61. The van der Waals surface area contributed by atoms with E-state index in [9.17, 15) is 49.3 Å². The first kappa shape index (κ1) is 64.2. The molecule has 4 aromatic carbocycles. The Kier molecular flexibility index (Phi) is 24.7. The molecule has 3 heterocycles. The molecular weight excluding hydrogens is 1140 g/mol. The number of carbonyl (C=O) groups is 3. The summed E-state index contributed by atoms with van der Waals surface area (Å²) < 4.78 is 105. The number of benzene rings is 4. The van der Waals surface area contributed by atoms with Crippen molar-refractivity contribution in [2.45, 2.75) is 60.4 Å². The second-order valence-corrected chi connectivity index (χ2v) is 22.8. The number of aryl methyl sites for hydroxylation is 1. The van der Waals surface area contributed by atoms with E-state index in [0.717, 1.165) is 30.4 Å². The van der Waals surface area contributed by atoms with Gasteiger partial charge in [0, 0.05) is 81.0 Å². The maximum atomic E-state index is 13.1. The molecule has 0 bridgehead atoms. The first-order valence-corrected chi connectivity index (χ1v) is 30.5. The third kappa shape index (κ3) is 20.4. The van der Waals surface area contributed by atoms with Crippen molar-refractivity contribution in [3.63, 3.8) is 0 Å². The Bertz CT molecular complexity index is 3570. The quantitative estimate of drug-likeness (QED) is 0.0116. The van der Waals surface area contributed by atoms with Gasteiger partial charge in [0.15, 0.2) is 5.95 Å². The number of carboxylic acids is 1. The zero-order valence-electron chi connectivity index (χ0n) is 45.4. The van der Waals surface area contributed by atoms with Gasteiger partial charge in [0.1, 0.15) is 16.8 Å². The molecule has 2 amide bonds. The van der Waals surface area contributed by atoms with Gasteiger partial charge in [0.2, 0.25) is 20.0 Å². The summed E-state index contributed by atoms with van der Waals surface area (Å²) in [5.74, 6) is -1.27. The number of fused-ring (bicyclic) bond motifs is 1. The molecule has 1 unspecified atom stereocenters. The van der Waals surface area contributed by atoms with E-state index in [4.69, 9.17) is 14.2 Å². The van der Waals surface area contributed by atoms with Crippen molar-refractivity contribution < 1.29 is 63.5 Å². The van der Waals surface area contributed by atoms with Gasteiger partial charge in [-0.05, 0) is 91.1 Å². The number of aromatic nitrogens is 5. The number of nitrogens with one attached hydrogen (secondary N) is 7. The molecule has 444 valence electrons. The van der Waals surface area contributed by atoms with Gasteiger partial charge >= 0.3 is 5.97 Å². The van der Waals surface area contributed by atoms with E-state index in [1.54, 1.807) is 74.0 Å². The normalized spacial score (nSPS) is 12.1. The summed E-state index contributed by atoms with van der Waals surface area (Å²) in [6.07, 6.45) is 10.1. The summed E-state index contributed by atoms with van der Waals surface area (Å²) in [4.78, 5) is 47.9. The number of rotatable bonds is 33. The van der Waals surface area contributed by atoms with Crippen molar-refractivity contribution in [1.82, 2.24) is 44.8 Å². The number of hydrogen-bond donors (Lipinski definition) is 9. The van der Waals surface area contributed by atoms with E-state index in [1.165, 1.54) is 67.0 Å². The van der Waals surface area contributed by atoms with E-state index >= 15 is 0 Å². The van der Waals surface area contributed by atoms with Gasteiger partial charge in [-0.3, -0.25) is 29.0 Å². The summed E-state index contributed by atoms with van der Waals surface area (Å²) in [6, 6.07) is 24.1.